The largest absolute Gasteiger partial charge is 0.331 e. The Morgan fingerprint density at radius 2 is 2.13 bits per heavy atom. The fourth-order valence-corrected chi connectivity index (χ4v) is 1.73. The third-order valence-corrected chi connectivity index (χ3v) is 2.25. The molecule has 15 heavy (non-hydrogen) atoms. The number of hydrogen-bond acceptors (Lipinski definition) is 8. The molecular weight excluding hydrogens is 250 g/mol. The summed E-state index contributed by atoms with van der Waals surface area (Å²) >= 11 is 0. The summed E-state index contributed by atoms with van der Waals surface area (Å²) in [6.07, 6.45) is -0.0476. The van der Waals surface area contributed by atoms with Gasteiger partial charge >= 0.3 is 22.8 Å². The smallest absolute Gasteiger partial charge is 0.330 e. The van der Waals surface area contributed by atoms with Crippen molar-refractivity contribution >= 4 is 16.9 Å². The van der Waals surface area contributed by atoms with E-state index in [1.807, 2.05) is 0 Å². The fourth-order valence-electron chi connectivity index (χ4n) is 0.786. The molecule has 11 heteroatoms. The second kappa shape index (κ2) is 7.32. The van der Waals surface area contributed by atoms with Gasteiger partial charge in [0, 0.05) is 6.42 Å². The molecular formula is C4H12N2O7P2. The summed E-state index contributed by atoms with van der Waals surface area (Å²) in [4.78, 5) is 36.0. The van der Waals surface area contributed by atoms with Crippen molar-refractivity contribution in [2.45, 2.75) is 18.8 Å². The third kappa shape index (κ3) is 6.24. The molecule has 5 N–H and O–H groups in total. The van der Waals surface area contributed by atoms with Crippen LogP contribution < -0.4 is 5.73 Å². The molecule has 0 aromatic rings. The number of nitroso groups, excluding NO2 is 1. The summed E-state index contributed by atoms with van der Waals surface area (Å²) in [6, 6.07) is 0. The standard InChI is InChI=1S/C4H12N2O7P2/c5-3-1-2-4(6-7,12-14(8)9)13-15(10)11/h8-9,15H,1-3,5H2,(H,10,11). The first kappa shape index (κ1) is 15.0. The van der Waals surface area contributed by atoms with Crippen molar-refractivity contribution in [3.63, 3.8) is 0 Å². The Hall–Kier alpha value is 0.0200. The van der Waals surface area contributed by atoms with Crippen LogP contribution in [0.25, 0.3) is 0 Å². The molecule has 0 aromatic heterocycles. The summed E-state index contributed by atoms with van der Waals surface area (Å²) in [5.74, 6) is -2.36. The summed E-state index contributed by atoms with van der Waals surface area (Å²) < 4.78 is 18.9. The van der Waals surface area contributed by atoms with E-state index in [1.54, 1.807) is 0 Å². The molecule has 0 aliphatic heterocycles. The van der Waals surface area contributed by atoms with Crippen LogP contribution in [0.4, 0.5) is 0 Å². The number of rotatable bonds is 8. The Kier molecular flexibility index (Phi) is 7.33. The highest BCUT2D eigenvalue weighted by atomic mass is 31.2. The van der Waals surface area contributed by atoms with Crippen LogP contribution in [0.1, 0.15) is 12.8 Å². The van der Waals surface area contributed by atoms with E-state index in [-0.39, 0.29) is 19.4 Å². The molecule has 2 atom stereocenters. The van der Waals surface area contributed by atoms with Gasteiger partial charge in [-0.1, -0.05) is 0 Å². The first-order valence-electron chi connectivity index (χ1n) is 3.79. The van der Waals surface area contributed by atoms with Crippen molar-refractivity contribution in [2.75, 3.05) is 6.54 Å². The van der Waals surface area contributed by atoms with Crippen LogP contribution in [-0.4, -0.2) is 27.1 Å². The monoisotopic (exact) mass is 262 g/mol. The Morgan fingerprint density at radius 3 is 2.47 bits per heavy atom. The predicted molar refractivity (Wildman–Crippen MR) is 51.6 cm³/mol. The van der Waals surface area contributed by atoms with Crippen molar-refractivity contribution in [3.8, 4) is 0 Å². The van der Waals surface area contributed by atoms with E-state index in [1.165, 1.54) is 0 Å². The minimum absolute atomic E-state index is 0.158. The highest BCUT2D eigenvalue weighted by Crippen LogP contribution is 2.41. The second-order valence-corrected chi connectivity index (χ2v) is 3.83. The van der Waals surface area contributed by atoms with Crippen molar-refractivity contribution in [3.05, 3.63) is 4.91 Å². The normalized spacial score (nSPS) is 17.4. The van der Waals surface area contributed by atoms with Gasteiger partial charge in [0.05, 0.1) is 0 Å². The van der Waals surface area contributed by atoms with Gasteiger partial charge in [-0.25, -0.2) is 0 Å². The maximum Gasteiger partial charge on any atom is 0.331 e. The lowest BCUT2D eigenvalue weighted by molar-refractivity contribution is -0.119. The van der Waals surface area contributed by atoms with E-state index in [0.29, 0.717) is 0 Å². The Morgan fingerprint density at radius 1 is 1.53 bits per heavy atom. The van der Waals surface area contributed by atoms with E-state index < -0.39 is 22.8 Å². The lowest BCUT2D eigenvalue weighted by Gasteiger charge is -2.24. The molecule has 0 rings (SSSR count). The van der Waals surface area contributed by atoms with Crippen LogP contribution in [0.5, 0.6) is 0 Å². The van der Waals surface area contributed by atoms with E-state index in [4.69, 9.17) is 20.4 Å². The van der Waals surface area contributed by atoms with Gasteiger partial charge in [-0.15, -0.1) is 4.91 Å². The number of nitrogens with zero attached hydrogens (tertiary/aromatic N) is 1. The van der Waals surface area contributed by atoms with Crippen LogP contribution >= 0.6 is 16.9 Å². The Bertz CT molecular complexity index is 227. The Labute approximate surface area is 87.1 Å². The zero-order valence-electron chi connectivity index (χ0n) is 7.57. The van der Waals surface area contributed by atoms with Gasteiger partial charge in [-0.2, -0.15) is 0 Å². The first-order valence-corrected chi connectivity index (χ1v) is 6.22. The summed E-state index contributed by atoms with van der Waals surface area (Å²) in [5, 5.41) is 2.35. The predicted octanol–water partition coefficient (Wildman–Crippen LogP) is -0.228. The van der Waals surface area contributed by atoms with Crippen LogP contribution in [0, 0.1) is 4.91 Å². The third-order valence-electron chi connectivity index (χ3n) is 1.31. The van der Waals surface area contributed by atoms with Gasteiger partial charge in [0.1, 0.15) is 0 Å². The van der Waals surface area contributed by atoms with Crippen molar-refractivity contribution < 1.29 is 28.3 Å². The zero-order valence-corrected chi connectivity index (χ0v) is 9.46. The fraction of sp³-hybridized carbons (Fsp3) is 1.00. The summed E-state index contributed by atoms with van der Waals surface area (Å²) in [6.45, 7) is 0.158. The van der Waals surface area contributed by atoms with E-state index >= 15 is 0 Å². The molecule has 0 heterocycles. The van der Waals surface area contributed by atoms with Crippen molar-refractivity contribution in [1.82, 2.24) is 0 Å². The van der Waals surface area contributed by atoms with E-state index in [9.17, 15) is 9.47 Å². The van der Waals surface area contributed by atoms with Crippen LogP contribution in [0.3, 0.4) is 0 Å². The average Bonchev–Trinajstić information content (AvgIpc) is 2.12. The Balaban J connectivity index is 4.58. The van der Waals surface area contributed by atoms with Crippen LogP contribution in [0.15, 0.2) is 5.18 Å². The zero-order chi connectivity index (χ0) is 11.9. The van der Waals surface area contributed by atoms with Gasteiger partial charge in [0.15, 0.2) is 0 Å². The maximum absolute atomic E-state index is 10.4. The minimum atomic E-state index is -3.50. The topological polar surface area (TPSA) is 152 Å². The molecule has 0 aromatic carbocycles. The average molecular weight is 262 g/mol. The highest BCUT2D eigenvalue weighted by Gasteiger charge is 2.38. The SMILES string of the molecule is NCCCC(N=O)(OP(O)O)O[PH](=O)O. The van der Waals surface area contributed by atoms with Gasteiger partial charge in [-0.05, 0) is 18.1 Å². The molecule has 2 unspecified atom stereocenters. The lowest BCUT2D eigenvalue weighted by atomic mass is 10.2. The van der Waals surface area contributed by atoms with Gasteiger partial charge in [0.25, 0.3) is 0 Å². The molecule has 0 fully saturated rings. The lowest BCUT2D eigenvalue weighted by Crippen LogP contribution is -2.30. The van der Waals surface area contributed by atoms with Crippen molar-refractivity contribution in [1.29, 1.82) is 0 Å². The maximum atomic E-state index is 10.4. The van der Waals surface area contributed by atoms with Crippen LogP contribution in [-0.2, 0) is 13.6 Å². The van der Waals surface area contributed by atoms with Gasteiger partial charge in [-0.3, -0.25) is 13.6 Å². The van der Waals surface area contributed by atoms with Crippen LogP contribution in [0.2, 0.25) is 0 Å². The molecule has 9 nitrogen and oxygen atoms in total. The second-order valence-electron chi connectivity index (χ2n) is 2.41. The first-order chi connectivity index (χ1) is 6.95. The molecule has 0 amide bonds. The van der Waals surface area contributed by atoms with E-state index in [2.05, 4.69) is 14.2 Å². The molecule has 90 valence electrons. The number of nitrogens with two attached hydrogens (primary N) is 1. The molecule has 0 bridgehead atoms. The van der Waals surface area contributed by atoms with E-state index in [0.717, 1.165) is 0 Å². The minimum Gasteiger partial charge on any atom is -0.330 e. The molecule has 0 radical (unpaired) electrons. The molecule has 0 aliphatic rings. The number of hydrogen-bond donors (Lipinski definition) is 4. The summed E-state index contributed by atoms with van der Waals surface area (Å²) in [7, 11) is -6.43. The molecule has 0 saturated heterocycles. The van der Waals surface area contributed by atoms with Gasteiger partial charge < -0.3 is 20.4 Å². The molecule has 0 spiro atoms. The van der Waals surface area contributed by atoms with Crippen molar-refractivity contribution in [2.24, 2.45) is 10.9 Å². The quantitative estimate of drug-likeness (QED) is 0.266. The van der Waals surface area contributed by atoms with Gasteiger partial charge in [0.2, 0.25) is 0 Å². The summed E-state index contributed by atoms with van der Waals surface area (Å²) in [5.41, 5.74) is 5.15. The molecule has 0 saturated carbocycles. The highest BCUT2D eigenvalue weighted by molar-refractivity contribution is 7.39. The molecule has 0 aliphatic carbocycles.